The molecular formula is C13H21N3O2. The number of hydrogen-bond donors (Lipinski definition) is 1. The Labute approximate surface area is 108 Å². The van der Waals surface area contributed by atoms with Gasteiger partial charge in [-0.3, -0.25) is 4.98 Å². The van der Waals surface area contributed by atoms with Gasteiger partial charge in [-0.2, -0.15) is 0 Å². The van der Waals surface area contributed by atoms with Crippen LogP contribution in [0.15, 0.2) is 12.4 Å². The highest BCUT2D eigenvalue weighted by Gasteiger charge is 2.38. The van der Waals surface area contributed by atoms with Crippen LogP contribution in [-0.4, -0.2) is 39.4 Å². The number of ether oxygens (including phenoxy) is 1. The Kier molecular flexibility index (Phi) is 3.29. The second-order valence-corrected chi connectivity index (χ2v) is 6.00. The fourth-order valence-electron chi connectivity index (χ4n) is 2.57. The van der Waals surface area contributed by atoms with Crippen LogP contribution in [0.3, 0.4) is 0 Å². The van der Waals surface area contributed by atoms with E-state index in [1.54, 1.807) is 12.4 Å². The molecular weight excluding hydrogens is 230 g/mol. The number of aromatic nitrogens is 2. The van der Waals surface area contributed by atoms with Crippen molar-refractivity contribution >= 4 is 5.82 Å². The van der Waals surface area contributed by atoms with E-state index in [-0.39, 0.29) is 17.8 Å². The number of aliphatic hydroxyl groups is 1. The summed E-state index contributed by atoms with van der Waals surface area (Å²) in [4.78, 5) is 10.7. The average Bonchev–Trinajstić information content (AvgIpc) is 2.25. The van der Waals surface area contributed by atoms with Crippen LogP contribution >= 0.6 is 0 Å². The van der Waals surface area contributed by atoms with Crippen molar-refractivity contribution in [3.63, 3.8) is 0 Å². The van der Waals surface area contributed by atoms with Gasteiger partial charge in [-0.05, 0) is 27.7 Å². The van der Waals surface area contributed by atoms with Crippen LogP contribution in [0.4, 0.5) is 5.82 Å². The summed E-state index contributed by atoms with van der Waals surface area (Å²) in [7, 11) is 0. The number of rotatable bonds is 2. The lowest BCUT2D eigenvalue weighted by Crippen LogP contribution is -2.57. The van der Waals surface area contributed by atoms with Crippen molar-refractivity contribution < 1.29 is 9.84 Å². The summed E-state index contributed by atoms with van der Waals surface area (Å²) in [6.45, 7) is 9.74. The molecule has 2 rings (SSSR count). The number of anilines is 1. The summed E-state index contributed by atoms with van der Waals surface area (Å²) in [6, 6.07) is 0. The minimum absolute atomic E-state index is 0.0854. The molecule has 0 bridgehead atoms. The van der Waals surface area contributed by atoms with E-state index in [2.05, 4.69) is 42.6 Å². The second-order valence-electron chi connectivity index (χ2n) is 6.00. The first kappa shape index (κ1) is 13.2. The summed E-state index contributed by atoms with van der Waals surface area (Å²) in [6.07, 6.45) is 3.32. The van der Waals surface area contributed by atoms with Crippen molar-refractivity contribution in [1.29, 1.82) is 0 Å². The van der Waals surface area contributed by atoms with Crippen molar-refractivity contribution in [3.8, 4) is 0 Å². The molecule has 18 heavy (non-hydrogen) atoms. The van der Waals surface area contributed by atoms with Gasteiger partial charge in [0.2, 0.25) is 0 Å². The highest BCUT2D eigenvalue weighted by Crippen LogP contribution is 2.30. The first-order valence-electron chi connectivity index (χ1n) is 6.18. The lowest BCUT2D eigenvalue weighted by Gasteiger charge is -2.47. The second kappa shape index (κ2) is 4.48. The van der Waals surface area contributed by atoms with E-state index < -0.39 is 0 Å². The number of morpholine rings is 1. The van der Waals surface area contributed by atoms with E-state index in [9.17, 15) is 0 Å². The summed E-state index contributed by atoms with van der Waals surface area (Å²) < 4.78 is 6.03. The average molecular weight is 251 g/mol. The summed E-state index contributed by atoms with van der Waals surface area (Å²) in [5.74, 6) is 0.797. The smallest absolute Gasteiger partial charge is 0.147 e. The Morgan fingerprint density at radius 2 is 1.83 bits per heavy atom. The van der Waals surface area contributed by atoms with E-state index in [1.807, 2.05) is 0 Å². The Morgan fingerprint density at radius 3 is 2.39 bits per heavy atom. The third-order valence-corrected chi connectivity index (χ3v) is 2.85. The normalized spacial score (nSPS) is 21.9. The molecule has 1 aliphatic heterocycles. The van der Waals surface area contributed by atoms with Gasteiger partial charge in [0, 0.05) is 13.1 Å². The fourth-order valence-corrected chi connectivity index (χ4v) is 2.57. The minimum Gasteiger partial charge on any atom is -0.390 e. The van der Waals surface area contributed by atoms with Crippen molar-refractivity contribution in [1.82, 2.24) is 9.97 Å². The monoisotopic (exact) mass is 251 g/mol. The SMILES string of the molecule is CC1(C)CN(c2cncc(CO)n2)CC(C)(C)O1. The quantitative estimate of drug-likeness (QED) is 0.860. The van der Waals surface area contributed by atoms with Crippen molar-refractivity contribution in [2.24, 2.45) is 0 Å². The highest BCUT2D eigenvalue weighted by molar-refractivity contribution is 5.38. The molecule has 1 aromatic rings. The van der Waals surface area contributed by atoms with Crippen LogP contribution in [0.25, 0.3) is 0 Å². The lowest BCUT2D eigenvalue weighted by molar-refractivity contribution is -0.133. The zero-order valence-corrected chi connectivity index (χ0v) is 11.5. The number of hydrogen-bond acceptors (Lipinski definition) is 5. The van der Waals surface area contributed by atoms with E-state index in [1.165, 1.54) is 0 Å². The molecule has 1 saturated heterocycles. The van der Waals surface area contributed by atoms with Gasteiger partial charge in [0.15, 0.2) is 0 Å². The van der Waals surface area contributed by atoms with Crippen LogP contribution in [-0.2, 0) is 11.3 Å². The lowest BCUT2D eigenvalue weighted by atomic mass is 9.99. The van der Waals surface area contributed by atoms with Gasteiger partial charge in [0.05, 0.1) is 35.9 Å². The zero-order chi connectivity index (χ0) is 13.4. The molecule has 0 saturated carbocycles. The Morgan fingerprint density at radius 1 is 1.22 bits per heavy atom. The highest BCUT2D eigenvalue weighted by atomic mass is 16.5. The van der Waals surface area contributed by atoms with E-state index >= 15 is 0 Å². The molecule has 1 fully saturated rings. The minimum atomic E-state index is -0.224. The van der Waals surface area contributed by atoms with Gasteiger partial charge >= 0.3 is 0 Å². The molecule has 0 aromatic carbocycles. The predicted octanol–water partition coefficient (Wildman–Crippen LogP) is 1.36. The molecule has 0 amide bonds. The van der Waals surface area contributed by atoms with Crippen LogP contribution in [0, 0.1) is 0 Å². The molecule has 5 heteroatoms. The number of nitrogens with zero attached hydrogens (tertiary/aromatic N) is 3. The van der Waals surface area contributed by atoms with Gasteiger partial charge in [0.25, 0.3) is 0 Å². The van der Waals surface area contributed by atoms with Crippen LogP contribution < -0.4 is 4.90 Å². The van der Waals surface area contributed by atoms with Crippen molar-refractivity contribution in [3.05, 3.63) is 18.1 Å². The number of aliphatic hydroxyl groups excluding tert-OH is 1. The summed E-state index contributed by atoms with van der Waals surface area (Å²) in [5, 5.41) is 9.12. The molecule has 2 heterocycles. The molecule has 5 nitrogen and oxygen atoms in total. The molecule has 1 aromatic heterocycles. The van der Waals surface area contributed by atoms with Crippen LogP contribution in [0.1, 0.15) is 33.4 Å². The molecule has 0 atom stereocenters. The topological polar surface area (TPSA) is 58.5 Å². The third-order valence-electron chi connectivity index (χ3n) is 2.85. The predicted molar refractivity (Wildman–Crippen MR) is 69.4 cm³/mol. The van der Waals surface area contributed by atoms with Gasteiger partial charge in [-0.15, -0.1) is 0 Å². The summed E-state index contributed by atoms with van der Waals surface area (Å²) >= 11 is 0. The Bertz CT molecular complexity index is 416. The van der Waals surface area contributed by atoms with Gasteiger partial charge in [-0.25, -0.2) is 4.98 Å². The Hall–Kier alpha value is -1.20. The fraction of sp³-hybridized carbons (Fsp3) is 0.692. The Balaban J connectivity index is 2.26. The maximum absolute atomic E-state index is 9.12. The molecule has 100 valence electrons. The van der Waals surface area contributed by atoms with Crippen molar-refractivity contribution in [2.45, 2.75) is 45.5 Å². The first-order chi connectivity index (χ1) is 8.31. The molecule has 1 aliphatic rings. The molecule has 0 aliphatic carbocycles. The molecule has 0 radical (unpaired) electrons. The first-order valence-corrected chi connectivity index (χ1v) is 6.18. The molecule has 1 N–H and O–H groups in total. The zero-order valence-electron chi connectivity index (χ0n) is 11.5. The molecule has 0 spiro atoms. The van der Waals surface area contributed by atoms with Gasteiger partial charge < -0.3 is 14.7 Å². The maximum atomic E-state index is 9.12. The standard InChI is InChI=1S/C13H21N3O2/c1-12(2)8-16(9-13(3,4)18-12)11-6-14-5-10(7-17)15-11/h5-6,17H,7-9H2,1-4H3. The largest absolute Gasteiger partial charge is 0.390 e. The summed E-state index contributed by atoms with van der Waals surface area (Å²) in [5.41, 5.74) is 0.145. The van der Waals surface area contributed by atoms with Gasteiger partial charge in [0.1, 0.15) is 5.82 Å². The van der Waals surface area contributed by atoms with E-state index in [4.69, 9.17) is 9.84 Å². The van der Waals surface area contributed by atoms with E-state index in [0.717, 1.165) is 18.9 Å². The van der Waals surface area contributed by atoms with Crippen LogP contribution in [0.2, 0.25) is 0 Å². The van der Waals surface area contributed by atoms with E-state index in [0.29, 0.717) is 5.69 Å². The van der Waals surface area contributed by atoms with Crippen molar-refractivity contribution in [2.75, 3.05) is 18.0 Å². The van der Waals surface area contributed by atoms with Crippen LogP contribution in [0.5, 0.6) is 0 Å². The third kappa shape index (κ3) is 2.97. The maximum Gasteiger partial charge on any atom is 0.147 e. The molecule has 0 unspecified atom stereocenters. The van der Waals surface area contributed by atoms with Gasteiger partial charge in [-0.1, -0.05) is 0 Å².